The van der Waals surface area contributed by atoms with Gasteiger partial charge in [0, 0.05) is 5.56 Å². The Bertz CT molecular complexity index is 1020. The minimum Gasteiger partial charge on any atom is -0.207 e. The van der Waals surface area contributed by atoms with E-state index in [0.717, 1.165) is 49.7 Å². The van der Waals surface area contributed by atoms with Crippen molar-refractivity contribution < 1.29 is 13.2 Å². The molecule has 0 N–H and O–H groups in total. The minimum atomic E-state index is -0.749. The second-order valence-corrected chi connectivity index (χ2v) is 8.45. The molecule has 0 saturated heterocycles. The van der Waals surface area contributed by atoms with Gasteiger partial charge in [0.15, 0.2) is 11.6 Å². The Hall–Kier alpha value is -2.55. The molecule has 0 nitrogen and oxygen atoms in total. The summed E-state index contributed by atoms with van der Waals surface area (Å²) in [4.78, 5) is 0. The third-order valence-corrected chi connectivity index (χ3v) is 6.36. The van der Waals surface area contributed by atoms with E-state index >= 15 is 0 Å². The molecular weight excluding hydrogens is 381 g/mol. The van der Waals surface area contributed by atoms with Crippen LogP contribution in [0.5, 0.6) is 0 Å². The highest BCUT2D eigenvalue weighted by atomic mass is 19.2. The monoisotopic (exact) mass is 408 g/mol. The molecule has 0 radical (unpaired) electrons. The number of hydrogen-bond donors (Lipinski definition) is 0. The van der Waals surface area contributed by atoms with Crippen LogP contribution < -0.4 is 0 Å². The molecule has 1 saturated carbocycles. The van der Waals surface area contributed by atoms with Gasteiger partial charge in [-0.15, -0.1) is 0 Å². The van der Waals surface area contributed by atoms with Gasteiger partial charge in [0.25, 0.3) is 0 Å². The molecule has 156 valence electrons. The van der Waals surface area contributed by atoms with Crippen molar-refractivity contribution in [3.8, 4) is 11.1 Å². The van der Waals surface area contributed by atoms with E-state index in [1.54, 1.807) is 31.2 Å². The van der Waals surface area contributed by atoms with Gasteiger partial charge in [-0.3, -0.25) is 0 Å². The van der Waals surface area contributed by atoms with Crippen LogP contribution in [0.25, 0.3) is 11.1 Å². The summed E-state index contributed by atoms with van der Waals surface area (Å²) in [6, 6.07) is 16.3. The molecule has 0 aromatic heterocycles. The zero-order valence-corrected chi connectivity index (χ0v) is 17.4. The molecule has 1 fully saturated rings. The second-order valence-electron chi connectivity index (χ2n) is 8.45. The van der Waals surface area contributed by atoms with Crippen molar-refractivity contribution in [1.29, 1.82) is 0 Å². The zero-order valence-electron chi connectivity index (χ0n) is 17.4. The molecule has 3 aromatic rings. The van der Waals surface area contributed by atoms with Crippen LogP contribution in [-0.4, -0.2) is 0 Å². The predicted molar refractivity (Wildman–Crippen MR) is 116 cm³/mol. The molecule has 30 heavy (non-hydrogen) atoms. The van der Waals surface area contributed by atoms with Crippen molar-refractivity contribution in [2.24, 2.45) is 0 Å². The normalized spacial score (nSPS) is 14.8. The van der Waals surface area contributed by atoms with Gasteiger partial charge in [-0.05, 0) is 72.4 Å². The van der Waals surface area contributed by atoms with E-state index in [9.17, 15) is 13.2 Å². The van der Waals surface area contributed by atoms with Crippen molar-refractivity contribution in [2.75, 3.05) is 0 Å². The summed E-state index contributed by atoms with van der Waals surface area (Å²) in [6.07, 6.45) is 6.73. The average Bonchev–Trinajstić information content (AvgIpc) is 2.77. The Morgan fingerprint density at radius 2 is 1.40 bits per heavy atom. The zero-order chi connectivity index (χ0) is 21.1. The van der Waals surface area contributed by atoms with Crippen molar-refractivity contribution in [2.45, 2.75) is 57.8 Å². The quantitative estimate of drug-likeness (QED) is 0.402. The molecule has 0 aliphatic heterocycles. The van der Waals surface area contributed by atoms with Crippen LogP contribution in [0.1, 0.15) is 60.3 Å². The third kappa shape index (κ3) is 4.45. The van der Waals surface area contributed by atoms with Gasteiger partial charge in [0.05, 0.1) is 0 Å². The van der Waals surface area contributed by atoms with Gasteiger partial charge >= 0.3 is 0 Å². The van der Waals surface area contributed by atoms with Crippen molar-refractivity contribution in [3.05, 3.63) is 94.3 Å². The molecule has 0 atom stereocenters. The van der Waals surface area contributed by atoms with E-state index in [0.29, 0.717) is 22.3 Å². The van der Waals surface area contributed by atoms with Crippen molar-refractivity contribution in [3.63, 3.8) is 0 Å². The molecule has 0 unspecified atom stereocenters. The first kappa shape index (κ1) is 20.7. The number of hydrogen-bond acceptors (Lipinski definition) is 0. The molecule has 1 aliphatic rings. The van der Waals surface area contributed by atoms with Crippen LogP contribution in [0.2, 0.25) is 0 Å². The SMILES string of the molecule is Cc1ccc(CCc2ccc(-c3ccc(C4CCCCC4)c(F)c3F)cc2)cc1F. The average molecular weight is 409 g/mol. The van der Waals surface area contributed by atoms with Crippen LogP contribution in [0, 0.1) is 24.4 Å². The Labute approximate surface area is 176 Å². The fraction of sp³-hybridized carbons (Fsp3) is 0.333. The van der Waals surface area contributed by atoms with E-state index in [4.69, 9.17) is 0 Å². The summed E-state index contributed by atoms with van der Waals surface area (Å²) < 4.78 is 43.3. The molecule has 4 rings (SSSR count). The molecule has 1 aliphatic carbocycles. The molecule has 0 spiro atoms. The Morgan fingerprint density at radius 1 is 0.733 bits per heavy atom. The maximum atomic E-state index is 14.8. The fourth-order valence-electron chi connectivity index (χ4n) is 4.45. The lowest BCUT2D eigenvalue weighted by Gasteiger charge is -2.23. The summed E-state index contributed by atoms with van der Waals surface area (Å²) in [5.41, 5.74) is 4.18. The molecule has 0 amide bonds. The first-order chi connectivity index (χ1) is 14.5. The number of aryl methyl sites for hydroxylation is 3. The third-order valence-electron chi connectivity index (χ3n) is 6.36. The number of benzene rings is 3. The van der Waals surface area contributed by atoms with Gasteiger partial charge < -0.3 is 0 Å². The lowest BCUT2D eigenvalue weighted by molar-refractivity contribution is 0.418. The van der Waals surface area contributed by atoms with E-state index in [2.05, 4.69) is 0 Å². The highest BCUT2D eigenvalue weighted by Crippen LogP contribution is 2.36. The van der Waals surface area contributed by atoms with Crippen LogP contribution in [0.4, 0.5) is 13.2 Å². The minimum absolute atomic E-state index is 0.135. The van der Waals surface area contributed by atoms with Crippen LogP contribution in [0.3, 0.4) is 0 Å². The smallest absolute Gasteiger partial charge is 0.166 e. The summed E-state index contributed by atoms with van der Waals surface area (Å²) in [6.45, 7) is 1.75. The molecule has 3 heteroatoms. The topological polar surface area (TPSA) is 0 Å². The van der Waals surface area contributed by atoms with Crippen LogP contribution in [0.15, 0.2) is 54.6 Å². The van der Waals surface area contributed by atoms with Crippen molar-refractivity contribution >= 4 is 0 Å². The van der Waals surface area contributed by atoms with E-state index in [1.165, 1.54) is 6.42 Å². The largest absolute Gasteiger partial charge is 0.207 e. The van der Waals surface area contributed by atoms with Gasteiger partial charge in [-0.1, -0.05) is 67.8 Å². The second kappa shape index (κ2) is 9.07. The van der Waals surface area contributed by atoms with Gasteiger partial charge in [-0.25, -0.2) is 13.2 Å². The number of rotatable bonds is 5. The number of halogens is 3. The first-order valence-corrected chi connectivity index (χ1v) is 10.8. The fourth-order valence-corrected chi connectivity index (χ4v) is 4.45. The standard InChI is InChI=1S/C27H27F3/c1-18-7-8-20(17-25(18)28)10-9-19-11-13-22(14-12-19)24-16-15-23(26(29)27(24)30)21-5-3-2-4-6-21/h7-8,11-17,21H,2-6,9-10H2,1H3. The highest BCUT2D eigenvalue weighted by molar-refractivity contribution is 5.65. The predicted octanol–water partition coefficient (Wildman–Crippen LogP) is 7.91. The lowest BCUT2D eigenvalue weighted by atomic mass is 9.83. The van der Waals surface area contributed by atoms with Gasteiger partial charge in [-0.2, -0.15) is 0 Å². The molecule has 0 bridgehead atoms. The highest BCUT2D eigenvalue weighted by Gasteiger charge is 2.22. The van der Waals surface area contributed by atoms with Crippen LogP contribution >= 0.6 is 0 Å². The first-order valence-electron chi connectivity index (χ1n) is 10.8. The van der Waals surface area contributed by atoms with Crippen molar-refractivity contribution in [1.82, 2.24) is 0 Å². The maximum absolute atomic E-state index is 14.8. The maximum Gasteiger partial charge on any atom is 0.166 e. The summed E-state index contributed by atoms with van der Waals surface area (Å²) in [7, 11) is 0. The van der Waals surface area contributed by atoms with E-state index in [-0.39, 0.29) is 11.7 Å². The van der Waals surface area contributed by atoms with E-state index in [1.807, 2.05) is 30.3 Å². The lowest BCUT2D eigenvalue weighted by Crippen LogP contribution is -2.08. The summed E-state index contributed by atoms with van der Waals surface area (Å²) in [5.74, 6) is -1.49. The van der Waals surface area contributed by atoms with Gasteiger partial charge in [0.2, 0.25) is 0 Å². The Balaban J connectivity index is 1.48. The summed E-state index contributed by atoms with van der Waals surface area (Å²) in [5, 5.41) is 0. The molecule has 3 aromatic carbocycles. The molecule has 0 heterocycles. The van der Waals surface area contributed by atoms with Gasteiger partial charge in [0.1, 0.15) is 5.82 Å². The molecular formula is C27H27F3. The Morgan fingerprint density at radius 3 is 2.10 bits per heavy atom. The summed E-state index contributed by atoms with van der Waals surface area (Å²) >= 11 is 0. The Kier molecular flexibility index (Phi) is 6.26. The van der Waals surface area contributed by atoms with E-state index < -0.39 is 11.6 Å². The van der Waals surface area contributed by atoms with Crippen LogP contribution in [-0.2, 0) is 12.8 Å².